The van der Waals surface area contributed by atoms with Gasteiger partial charge in [-0.05, 0) is 36.8 Å². The number of phenolic OH excluding ortho intramolecular Hbond substituents is 1. The van der Waals surface area contributed by atoms with Gasteiger partial charge in [0.2, 0.25) is 0 Å². The summed E-state index contributed by atoms with van der Waals surface area (Å²) in [4.78, 5) is 3.35. The topological polar surface area (TPSA) is 36.0 Å². The van der Waals surface area contributed by atoms with E-state index >= 15 is 0 Å². The van der Waals surface area contributed by atoms with Gasteiger partial charge in [0.05, 0.1) is 0 Å². The van der Waals surface area contributed by atoms with Crippen LogP contribution in [0.2, 0.25) is 0 Å². The first-order valence-electron chi connectivity index (χ1n) is 6.28. The number of aromatic amines is 1. The summed E-state index contributed by atoms with van der Waals surface area (Å²) in [6, 6.07) is 19.7. The highest BCUT2D eigenvalue weighted by Crippen LogP contribution is 2.30. The summed E-state index contributed by atoms with van der Waals surface area (Å²) < 4.78 is 0. The van der Waals surface area contributed by atoms with Crippen LogP contribution in [-0.2, 0) is 0 Å². The molecule has 0 amide bonds. The normalized spacial score (nSPS) is 10.6. The van der Waals surface area contributed by atoms with Crippen LogP contribution in [-0.4, -0.2) is 10.1 Å². The largest absolute Gasteiger partial charge is 0.507 e. The third-order valence-corrected chi connectivity index (χ3v) is 3.24. The predicted molar refractivity (Wildman–Crippen MR) is 78.1 cm³/mol. The van der Waals surface area contributed by atoms with E-state index < -0.39 is 0 Å². The average molecular weight is 249 g/mol. The molecule has 2 heteroatoms. The molecule has 3 rings (SSSR count). The van der Waals surface area contributed by atoms with E-state index in [-0.39, 0.29) is 0 Å². The summed E-state index contributed by atoms with van der Waals surface area (Å²) in [5.74, 6) is 0.291. The molecule has 2 N–H and O–H groups in total. The molecule has 0 saturated heterocycles. The Kier molecular flexibility index (Phi) is 2.84. The number of aromatic hydroxyl groups is 1. The van der Waals surface area contributed by atoms with Gasteiger partial charge in [0.1, 0.15) is 5.75 Å². The number of hydrogen-bond acceptors (Lipinski definition) is 1. The maximum absolute atomic E-state index is 9.86. The van der Waals surface area contributed by atoms with E-state index in [9.17, 15) is 5.11 Å². The minimum absolute atomic E-state index is 0.291. The molecule has 0 fully saturated rings. The van der Waals surface area contributed by atoms with Crippen molar-refractivity contribution >= 4 is 0 Å². The van der Waals surface area contributed by atoms with Gasteiger partial charge in [-0.2, -0.15) is 0 Å². The molecule has 1 heterocycles. The van der Waals surface area contributed by atoms with Gasteiger partial charge >= 0.3 is 0 Å². The van der Waals surface area contributed by atoms with Crippen LogP contribution in [0.5, 0.6) is 5.75 Å². The van der Waals surface area contributed by atoms with Gasteiger partial charge in [0, 0.05) is 17.0 Å². The van der Waals surface area contributed by atoms with Crippen molar-refractivity contribution in [1.82, 2.24) is 4.98 Å². The minimum atomic E-state index is 0.291. The smallest absolute Gasteiger partial charge is 0.124 e. The SMILES string of the molecule is Cc1ccc(-c2ccc(-c3ccccc3O)[nH]2)cc1. The second-order valence-corrected chi connectivity index (χ2v) is 4.67. The van der Waals surface area contributed by atoms with E-state index in [2.05, 4.69) is 36.2 Å². The minimum Gasteiger partial charge on any atom is -0.507 e. The first-order valence-corrected chi connectivity index (χ1v) is 6.28. The maximum Gasteiger partial charge on any atom is 0.124 e. The Morgan fingerprint density at radius 2 is 1.47 bits per heavy atom. The fourth-order valence-corrected chi connectivity index (χ4v) is 2.16. The number of aromatic nitrogens is 1. The third kappa shape index (κ3) is 2.25. The lowest BCUT2D eigenvalue weighted by molar-refractivity contribution is 0.477. The van der Waals surface area contributed by atoms with Crippen LogP contribution >= 0.6 is 0 Å². The molecule has 3 aromatic rings. The van der Waals surface area contributed by atoms with E-state index in [1.165, 1.54) is 5.56 Å². The van der Waals surface area contributed by atoms with Gasteiger partial charge in [-0.1, -0.05) is 42.0 Å². The van der Waals surface area contributed by atoms with Crippen LogP contribution in [0.25, 0.3) is 22.5 Å². The van der Waals surface area contributed by atoms with E-state index in [0.29, 0.717) is 5.75 Å². The first-order chi connectivity index (χ1) is 9.24. The summed E-state index contributed by atoms with van der Waals surface area (Å²) in [6.07, 6.45) is 0. The lowest BCUT2D eigenvalue weighted by Gasteiger charge is -2.02. The number of aryl methyl sites for hydroxylation is 1. The monoisotopic (exact) mass is 249 g/mol. The number of phenols is 1. The molecule has 94 valence electrons. The van der Waals surface area contributed by atoms with Gasteiger partial charge in [-0.25, -0.2) is 0 Å². The summed E-state index contributed by atoms with van der Waals surface area (Å²) in [6.45, 7) is 2.08. The van der Waals surface area contributed by atoms with Crippen molar-refractivity contribution in [1.29, 1.82) is 0 Å². The van der Waals surface area contributed by atoms with Crippen LogP contribution in [0, 0.1) is 6.92 Å². The second-order valence-electron chi connectivity index (χ2n) is 4.67. The van der Waals surface area contributed by atoms with E-state index in [4.69, 9.17) is 0 Å². The fraction of sp³-hybridized carbons (Fsp3) is 0.0588. The van der Waals surface area contributed by atoms with E-state index in [1.54, 1.807) is 6.07 Å². The highest BCUT2D eigenvalue weighted by atomic mass is 16.3. The predicted octanol–water partition coefficient (Wildman–Crippen LogP) is 4.36. The Morgan fingerprint density at radius 3 is 2.21 bits per heavy atom. The zero-order valence-corrected chi connectivity index (χ0v) is 10.7. The molecule has 0 saturated carbocycles. The molecule has 0 unspecified atom stereocenters. The van der Waals surface area contributed by atoms with Gasteiger partial charge in [0.15, 0.2) is 0 Å². The molecular formula is C17H15NO. The summed E-state index contributed by atoms with van der Waals surface area (Å²) in [5, 5.41) is 9.86. The van der Waals surface area contributed by atoms with Gasteiger partial charge in [0.25, 0.3) is 0 Å². The Morgan fingerprint density at radius 1 is 0.789 bits per heavy atom. The van der Waals surface area contributed by atoms with Crippen molar-refractivity contribution < 1.29 is 5.11 Å². The summed E-state index contributed by atoms with van der Waals surface area (Å²) in [5.41, 5.74) is 5.19. The molecule has 0 atom stereocenters. The molecule has 0 aliphatic rings. The van der Waals surface area contributed by atoms with Gasteiger partial charge in [-0.3, -0.25) is 0 Å². The molecular weight excluding hydrogens is 234 g/mol. The molecule has 0 radical (unpaired) electrons. The number of hydrogen-bond donors (Lipinski definition) is 2. The second kappa shape index (κ2) is 4.65. The Balaban J connectivity index is 2.00. The van der Waals surface area contributed by atoms with Crippen LogP contribution in [0.15, 0.2) is 60.7 Å². The Labute approximate surface area is 112 Å². The van der Waals surface area contributed by atoms with Gasteiger partial charge < -0.3 is 10.1 Å². The maximum atomic E-state index is 9.86. The van der Waals surface area contributed by atoms with Crippen LogP contribution in [0.1, 0.15) is 5.56 Å². The number of rotatable bonds is 2. The first kappa shape index (κ1) is 11.6. The fourth-order valence-electron chi connectivity index (χ4n) is 2.16. The van der Waals surface area contributed by atoms with Crippen molar-refractivity contribution in [2.45, 2.75) is 6.92 Å². The molecule has 2 nitrogen and oxygen atoms in total. The highest BCUT2D eigenvalue weighted by molar-refractivity contribution is 5.71. The molecule has 0 aliphatic heterocycles. The van der Waals surface area contributed by atoms with Crippen molar-refractivity contribution in [3.05, 3.63) is 66.2 Å². The van der Waals surface area contributed by atoms with Crippen molar-refractivity contribution in [3.8, 4) is 28.3 Å². The lowest BCUT2D eigenvalue weighted by Crippen LogP contribution is -1.81. The van der Waals surface area contributed by atoms with Crippen molar-refractivity contribution in [3.63, 3.8) is 0 Å². The molecule has 0 spiro atoms. The summed E-state index contributed by atoms with van der Waals surface area (Å²) >= 11 is 0. The lowest BCUT2D eigenvalue weighted by atomic mass is 10.1. The van der Waals surface area contributed by atoms with Crippen LogP contribution < -0.4 is 0 Å². The van der Waals surface area contributed by atoms with Crippen LogP contribution in [0.3, 0.4) is 0 Å². The number of nitrogens with one attached hydrogen (secondary N) is 1. The molecule has 19 heavy (non-hydrogen) atoms. The third-order valence-electron chi connectivity index (χ3n) is 3.24. The number of benzene rings is 2. The zero-order chi connectivity index (χ0) is 13.2. The average Bonchev–Trinajstić information content (AvgIpc) is 2.89. The highest BCUT2D eigenvalue weighted by Gasteiger charge is 2.06. The molecule has 1 aromatic heterocycles. The molecule has 0 aliphatic carbocycles. The number of para-hydroxylation sites is 1. The van der Waals surface area contributed by atoms with E-state index in [1.807, 2.05) is 30.3 Å². The number of H-pyrrole nitrogens is 1. The standard InChI is InChI=1S/C17H15NO/c1-12-6-8-13(9-7-12)15-10-11-16(18-15)14-4-2-3-5-17(14)19/h2-11,18-19H,1H3. The van der Waals surface area contributed by atoms with Crippen molar-refractivity contribution in [2.75, 3.05) is 0 Å². The molecule has 2 aromatic carbocycles. The van der Waals surface area contributed by atoms with Gasteiger partial charge in [-0.15, -0.1) is 0 Å². The summed E-state index contributed by atoms with van der Waals surface area (Å²) in [7, 11) is 0. The van der Waals surface area contributed by atoms with Crippen molar-refractivity contribution in [2.24, 2.45) is 0 Å². The van der Waals surface area contributed by atoms with Crippen LogP contribution in [0.4, 0.5) is 0 Å². The zero-order valence-electron chi connectivity index (χ0n) is 10.7. The molecule has 0 bridgehead atoms. The van der Waals surface area contributed by atoms with E-state index in [0.717, 1.165) is 22.5 Å². The quantitative estimate of drug-likeness (QED) is 0.695. The Bertz CT molecular complexity index is 695. The Hall–Kier alpha value is -2.48.